The summed E-state index contributed by atoms with van der Waals surface area (Å²) in [5, 5.41) is 11.7. The minimum Gasteiger partial charge on any atom is -0.396 e. The van der Waals surface area contributed by atoms with E-state index in [2.05, 4.69) is 10.0 Å². The van der Waals surface area contributed by atoms with Crippen LogP contribution in [0.15, 0.2) is 29.2 Å². The molecule has 0 aromatic heterocycles. The van der Waals surface area contributed by atoms with Crippen LogP contribution in [0.2, 0.25) is 0 Å². The highest BCUT2D eigenvalue weighted by atomic mass is 32.2. The van der Waals surface area contributed by atoms with E-state index in [1.165, 1.54) is 24.3 Å². The molecule has 0 aliphatic heterocycles. The fourth-order valence-corrected chi connectivity index (χ4v) is 2.82. The Morgan fingerprint density at radius 1 is 1.24 bits per heavy atom. The van der Waals surface area contributed by atoms with Gasteiger partial charge in [-0.15, -0.1) is 0 Å². The molecule has 6 nitrogen and oxygen atoms in total. The summed E-state index contributed by atoms with van der Waals surface area (Å²) in [5.74, 6) is -0.305. The van der Waals surface area contributed by atoms with Gasteiger partial charge in [-0.1, -0.05) is 6.92 Å². The first-order valence-corrected chi connectivity index (χ1v) is 8.23. The van der Waals surface area contributed by atoms with Crippen molar-refractivity contribution >= 4 is 15.9 Å². The molecule has 0 radical (unpaired) electrons. The Morgan fingerprint density at radius 3 is 2.29 bits per heavy atom. The molecule has 0 unspecified atom stereocenters. The molecule has 0 bridgehead atoms. The maximum absolute atomic E-state index is 12.1. The molecule has 21 heavy (non-hydrogen) atoms. The van der Waals surface area contributed by atoms with Crippen LogP contribution in [0.4, 0.5) is 0 Å². The van der Waals surface area contributed by atoms with Crippen molar-refractivity contribution in [1.82, 2.24) is 10.0 Å². The number of carbonyl (C=O) groups is 1. The number of nitrogens with one attached hydrogen (secondary N) is 2. The van der Waals surface area contributed by atoms with E-state index >= 15 is 0 Å². The topological polar surface area (TPSA) is 95.5 Å². The molecular weight excluding hydrogens is 292 g/mol. The standard InChI is InChI=1S/C14H22N2O4S/c1-4-15-21(19,20)12-7-5-11(6-8-12)13(18)16-14(2,3)9-10-17/h5-8,15,17H,4,9-10H2,1-3H3,(H,16,18). The number of amides is 1. The van der Waals surface area contributed by atoms with Gasteiger partial charge in [0.2, 0.25) is 10.0 Å². The van der Waals surface area contributed by atoms with Gasteiger partial charge in [0.25, 0.3) is 5.91 Å². The monoisotopic (exact) mass is 314 g/mol. The summed E-state index contributed by atoms with van der Waals surface area (Å²) in [4.78, 5) is 12.2. The van der Waals surface area contributed by atoms with Crippen LogP contribution in [-0.4, -0.2) is 38.1 Å². The first kappa shape index (κ1) is 17.6. The van der Waals surface area contributed by atoms with Crippen LogP contribution in [0, 0.1) is 0 Å². The van der Waals surface area contributed by atoms with E-state index in [1.54, 1.807) is 6.92 Å². The first-order valence-electron chi connectivity index (χ1n) is 6.75. The quantitative estimate of drug-likeness (QED) is 0.696. The molecule has 1 aromatic rings. The zero-order valence-corrected chi connectivity index (χ0v) is 13.3. The summed E-state index contributed by atoms with van der Waals surface area (Å²) >= 11 is 0. The summed E-state index contributed by atoms with van der Waals surface area (Å²) < 4.78 is 26.0. The molecule has 0 saturated heterocycles. The van der Waals surface area contributed by atoms with Crippen molar-refractivity contribution in [3.63, 3.8) is 0 Å². The van der Waals surface area contributed by atoms with E-state index in [0.29, 0.717) is 18.5 Å². The van der Waals surface area contributed by atoms with Gasteiger partial charge in [-0.2, -0.15) is 0 Å². The third kappa shape index (κ3) is 5.11. The lowest BCUT2D eigenvalue weighted by Crippen LogP contribution is -2.44. The molecule has 0 aliphatic rings. The van der Waals surface area contributed by atoms with Crippen molar-refractivity contribution in [3.05, 3.63) is 29.8 Å². The van der Waals surface area contributed by atoms with Crippen LogP contribution in [0.1, 0.15) is 37.6 Å². The summed E-state index contributed by atoms with van der Waals surface area (Å²) in [7, 11) is -3.51. The number of aliphatic hydroxyl groups is 1. The molecule has 0 saturated carbocycles. The maximum atomic E-state index is 12.1. The molecule has 3 N–H and O–H groups in total. The van der Waals surface area contributed by atoms with Crippen LogP contribution in [0.3, 0.4) is 0 Å². The van der Waals surface area contributed by atoms with Crippen LogP contribution in [-0.2, 0) is 10.0 Å². The van der Waals surface area contributed by atoms with Gasteiger partial charge in [-0.05, 0) is 44.5 Å². The van der Waals surface area contributed by atoms with Gasteiger partial charge in [0, 0.05) is 24.3 Å². The highest BCUT2D eigenvalue weighted by Gasteiger charge is 2.21. The average Bonchev–Trinajstić information content (AvgIpc) is 2.38. The smallest absolute Gasteiger partial charge is 0.251 e. The molecule has 1 rings (SSSR count). The second kappa shape index (κ2) is 7.02. The minimum atomic E-state index is -3.51. The molecule has 7 heteroatoms. The highest BCUT2D eigenvalue weighted by molar-refractivity contribution is 7.89. The molecule has 0 heterocycles. The average molecular weight is 314 g/mol. The lowest BCUT2D eigenvalue weighted by Gasteiger charge is -2.25. The molecule has 118 valence electrons. The van der Waals surface area contributed by atoms with Gasteiger partial charge < -0.3 is 10.4 Å². The molecular formula is C14H22N2O4S. The van der Waals surface area contributed by atoms with Gasteiger partial charge in [0.05, 0.1) is 4.90 Å². The number of sulfonamides is 1. The molecule has 1 aromatic carbocycles. The van der Waals surface area contributed by atoms with E-state index in [0.717, 1.165) is 0 Å². The van der Waals surface area contributed by atoms with Crippen molar-refractivity contribution in [3.8, 4) is 0 Å². The van der Waals surface area contributed by atoms with E-state index in [9.17, 15) is 13.2 Å². The number of hydrogen-bond donors (Lipinski definition) is 3. The van der Waals surface area contributed by atoms with E-state index in [4.69, 9.17) is 5.11 Å². The SMILES string of the molecule is CCNS(=O)(=O)c1ccc(C(=O)NC(C)(C)CCO)cc1. The molecule has 0 spiro atoms. The van der Waals surface area contributed by atoms with Crippen molar-refractivity contribution in [2.75, 3.05) is 13.2 Å². The second-order valence-electron chi connectivity index (χ2n) is 5.34. The van der Waals surface area contributed by atoms with Crippen LogP contribution < -0.4 is 10.0 Å². The number of carbonyl (C=O) groups excluding carboxylic acids is 1. The summed E-state index contributed by atoms with van der Waals surface area (Å²) in [6.45, 7) is 5.60. The van der Waals surface area contributed by atoms with Gasteiger partial charge in [-0.25, -0.2) is 13.1 Å². The van der Waals surface area contributed by atoms with E-state index < -0.39 is 15.6 Å². The zero-order valence-electron chi connectivity index (χ0n) is 12.5. The normalized spacial score (nSPS) is 12.2. The molecule has 0 aliphatic carbocycles. The summed E-state index contributed by atoms with van der Waals surface area (Å²) in [6.07, 6.45) is 0.436. The van der Waals surface area contributed by atoms with E-state index in [1.807, 2.05) is 13.8 Å². The van der Waals surface area contributed by atoms with Crippen LogP contribution in [0.25, 0.3) is 0 Å². The molecule has 0 atom stereocenters. The maximum Gasteiger partial charge on any atom is 0.251 e. The van der Waals surface area contributed by atoms with Gasteiger partial charge in [0.15, 0.2) is 0 Å². The third-order valence-electron chi connectivity index (χ3n) is 2.95. The Labute approximate surface area is 125 Å². The predicted molar refractivity (Wildman–Crippen MR) is 80.6 cm³/mol. The first-order chi connectivity index (χ1) is 9.72. The Kier molecular flexibility index (Phi) is 5.88. The van der Waals surface area contributed by atoms with E-state index in [-0.39, 0.29) is 17.4 Å². The Hall–Kier alpha value is -1.44. The number of benzene rings is 1. The minimum absolute atomic E-state index is 0.0207. The highest BCUT2D eigenvalue weighted by Crippen LogP contribution is 2.13. The van der Waals surface area contributed by atoms with Crippen LogP contribution >= 0.6 is 0 Å². The van der Waals surface area contributed by atoms with Crippen molar-refractivity contribution in [1.29, 1.82) is 0 Å². The fourth-order valence-electron chi connectivity index (χ4n) is 1.78. The van der Waals surface area contributed by atoms with Crippen molar-refractivity contribution in [2.24, 2.45) is 0 Å². The lowest BCUT2D eigenvalue weighted by atomic mass is 10.0. The third-order valence-corrected chi connectivity index (χ3v) is 4.51. The number of aliphatic hydroxyl groups excluding tert-OH is 1. The van der Waals surface area contributed by atoms with Gasteiger partial charge in [0.1, 0.15) is 0 Å². The van der Waals surface area contributed by atoms with Crippen molar-refractivity contribution in [2.45, 2.75) is 37.6 Å². The second-order valence-corrected chi connectivity index (χ2v) is 7.10. The largest absolute Gasteiger partial charge is 0.396 e. The molecule has 0 fully saturated rings. The van der Waals surface area contributed by atoms with Crippen molar-refractivity contribution < 1.29 is 18.3 Å². The van der Waals surface area contributed by atoms with Crippen LogP contribution in [0.5, 0.6) is 0 Å². The number of rotatable bonds is 7. The number of hydrogen-bond acceptors (Lipinski definition) is 4. The lowest BCUT2D eigenvalue weighted by molar-refractivity contribution is 0.0899. The molecule has 1 amide bonds. The Balaban J connectivity index is 2.86. The Morgan fingerprint density at radius 2 is 1.81 bits per heavy atom. The fraction of sp³-hybridized carbons (Fsp3) is 0.500. The zero-order chi connectivity index (χ0) is 16.1. The van der Waals surface area contributed by atoms with Gasteiger partial charge in [-0.3, -0.25) is 4.79 Å². The van der Waals surface area contributed by atoms with Gasteiger partial charge >= 0.3 is 0 Å². The summed E-state index contributed by atoms with van der Waals surface area (Å²) in [6, 6.07) is 5.72. The predicted octanol–water partition coefficient (Wildman–Crippen LogP) is 0.876. The Bertz CT molecular complexity index is 579. The summed E-state index contributed by atoms with van der Waals surface area (Å²) in [5.41, 5.74) is -0.156.